The van der Waals surface area contributed by atoms with Crippen LogP contribution in [0.5, 0.6) is 0 Å². The van der Waals surface area contributed by atoms with Gasteiger partial charge in [0.2, 0.25) is 0 Å². The van der Waals surface area contributed by atoms with Gasteiger partial charge in [-0.05, 0) is 74.2 Å². The van der Waals surface area contributed by atoms with Crippen LogP contribution in [0.2, 0.25) is 0 Å². The maximum atomic E-state index is 14.2. The van der Waals surface area contributed by atoms with Crippen LogP contribution in [-0.2, 0) is 0 Å². The predicted molar refractivity (Wildman–Crippen MR) is 151 cm³/mol. The van der Waals surface area contributed by atoms with Gasteiger partial charge in [-0.2, -0.15) is 0 Å². The lowest BCUT2D eigenvalue weighted by atomic mass is 10.1. The number of imide groups is 2. The molecule has 0 spiro atoms. The van der Waals surface area contributed by atoms with E-state index < -0.39 is 23.6 Å². The highest BCUT2D eigenvalue weighted by Gasteiger charge is 2.37. The van der Waals surface area contributed by atoms with Crippen LogP contribution in [0.4, 0.5) is 8.78 Å². The van der Waals surface area contributed by atoms with Crippen LogP contribution in [0.15, 0.2) is 71.3 Å². The number of amides is 4. The number of hydrogen-bond donors (Lipinski definition) is 2. The minimum absolute atomic E-state index is 0. The molecule has 41 heavy (non-hydrogen) atoms. The standard InChI is InChI=1S/2C15H15FN2O2.CH4/c2*16-13(10-4-3-7-17-8-10)9-18-14(19)11-5-1-2-6-12(11)15(18)20;/h2*1-2,5-6,17H,3-4,7-9H2;1H4/b13-10+;13-10-;. The lowest BCUT2D eigenvalue weighted by molar-refractivity contribution is 0.0644. The Bertz CT molecular complexity index is 1240. The molecule has 0 radical (unpaired) electrons. The molecule has 2 fully saturated rings. The first-order valence-electron chi connectivity index (χ1n) is 13.4. The van der Waals surface area contributed by atoms with E-state index in [1.54, 1.807) is 48.5 Å². The fraction of sp³-hybridized carbons (Fsp3) is 0.355. The van der Waals surface area contributed by atoms with Crippen LogP contribution in [0.3, 0.4) is 0 Å². The number of carbonyl (C=O) groups is 4. The molecule has 6 rings (SSSR count). The second kappa shape index (κ2) is 13.1. The SMILES string of the molecule is C.O=C1c2ccccc2C(=O)N1C/C(F)=C1/CCCNC1.O=C1c2ccccc2C(=O)N1C/C(F)=C1\CCCNC1. The molecule has 2 N–H and O–H groups in total. The molecule has 4 aliphatic heterocycles. The van der Waals surface area contributed by atoms with E-state index in [9.17, 15) is 28.0 Å². The van der Waals surface area contributed by atoms with Crippen LogP contribution < -0.4 is 10.6 Å². The number of piperidine rings is 2. The number of rotatable bonds is 4. The molecule has 0 bridgehead atoms. The molecule has 8 nitrogen and oxygen atoms in total. The fourth-order valence-electron chi connectivity index (χ4n) is 5.24. The van der Waals surface area contributed by atoms with Crippen molar-refractivity contribution in [2.45, 2.75) is 33.1 Å². The Morgan fingerprint density at radius 2 is 0.927 bits per heavy atom. The Hall–Kier alpha value is -4.02. The van der Waals surface area contributed by atoms with Crippen LogP contribution in [0, 0.1) is 0 Å². The van der Waals surface area contributed by atoms with Crippen molar-refractivity contribution in [1.82, 2.24) is 20.4 Å². The van der Waals surface area contributed by atoms with Crippen molar-refractivity contribution in [3.8, 4) is 0 Å². The summed E-state index contributed by atoms with van der Waals surface area (Å²) in [5, 5.41) is 6.19. The minimum atomic E-state index is -0.412. The van der Waals surface area contributed by atoms with E-state index in [0.717, 1.165) is 35.7 Å². The largest absolute Gasteiger partial charge is 0.313 e. The molecule has 0 aromatic heterocycles. The van der Waals surface area contributed by atoms with E-state index in [1.807, 2.05) is 0 Å². The molecular weight excluding hydrogens is 530 g/mol. The summed E-state index contributed by atoms with van der Waals surface area (Å²) in [6.07, 6.45) is 3.12. The topological polar surface area (TPSA) is 98.8 Å². The Balaban J connectivity index is 0.000000184. The zero-order valence-corrected chi connectivity index (χ0v) is 22.0. The number of hydrogen-bond acceptors (Lipinski definition) is 6. The summed E-state index contributed by atoms with van der Waals surface area (Å²) in [6, 6.07) is 13.2. The second-order valence-electron chi connectivity index (χ2n) is 10.1. The summed E-state index contributed by atoms with van der Waals surface area (Å²) >= 11 is 0. The predicted octanol–water partition coefficient (Wildman–Crippen LogP) is 4.42. The first-order valence-corrected chi connectivity index (χ1v) is 13.4. The van der Waals surface area contributed by atoms with E-state index in [-0.39, 0.29) is 32.2 Å². The van der Waals surface area contributed by atoms with Crippen molar-refractivity contribution in [3.63, 3.8) is 0 Å². The van der Waals surface area contributed by atoms with Gasteiger partial charge in [0.15, 0.2) is 0 Å². The molecule has 2 aromatic carbocycles. The van der Waals surface area contributed by atoms with Crippen LogP contribution in [0.25, 0.3) is 0 Å². The quantitative estimate of drug-likeness (QED) is 0.534. The number of halogens is 2. The Labute approximate surface area is 238 Å². The van der Waals surface area contributed by atoms with Crippen molar-refractivity contribution in [1.29, 1.82) is 0 Å². The van der Waals surface area contributed by atoms with Crippen molar-refractivity contribution in [3.05, 3.63) is 93.6 Å². The van der Waals surface area contributed by atoms with Crippen LogP contribution in [-0.4, -0.2) is 72.7 Å². The lowest BCUT2D eigenvalue weighted by Crippen LogP contribution is -2.32. The van der Waals surface area contributed by atoms with E-state index in [0.29, 0.717) is 59.3 Å². The molecule has 2 aromatic rings. The molecule has 0 saturated carbocycles. The number of nitrogens with one attached hydrogen (secondary N) is 2. The van der Waals surface area contributed by atoms with E-state index in [4.69, 9.17) is 0 Å². The van der Waals surface area contributed by atoms with Gasteiger partial charge >= 0.3 is 0 Å². The third-order valence-corrected chi connectivity index (χ3v) is 7.46. The second-order valence-corrected chi connectivity index (χ2v) is 10.1. The molecule has 0 unspecified atom stereocenters. The highest BCUT2D eigenvalue weighted by atomic mass is 19.1. The molecule has 4 amide bonds. The highest BCUT2D eigenvalue weighted by molar-refractivity contribution is 6.22. The molecule has 0 atom stereocenters. The number of benzene rings is 2. The minimum Gasteiger partial charge on any atom is -0.313 e. The molecule has 10 heteroatoms. The third-order valence-electron chi connectivity index (χ3n) is 7.46. The summed E-state index contributed by atoms with van der Waals surface area (Å²) in [7, 11) is 0. The number of carbonyl (C=O) groups excluding carboxylic acids is 4. The van der Waals surface area contributed by atoms with Gasteiger partial charge in [0, 0.05) is 13.1 Å². The zero-order valence-electron chi connectivity index (χ0n) is 22.0. The van der Waals surface area contributed by atoms with Gasteiger partial charge in [-0.25, -0.2) is 8.78 Å². The Kier molecular flexibility index (Phi) is 9.57. The molecule has 2 saturated heterocycles. The lowest BCUT2D eigenvalue weighted by Gasteiger charge is -2.19. The average Bonchev–Trinajstić information content (AvgIpc) is 3.39. The molecule has 4 heterocycles. The highest BCUT2D eigenvalue weighted by Crippen LogP contribution is 2.26. The smallest absolute Gasteiger partial charge is 0.261 e. The van der Waals surface area contributed by atoms with Gasteiger partial charge in [-0.3, -0.25) is 29.0 Å². The van der Waals surface area contributed by atoms with E-state index in [2.05, 4.69) is 10.6 Å². The Morgan fingerprint density at radius 1 is 0.610 bits per heavy atom. The van der Waals surface area contributed by atoms with Gasteiger partial charge in [0.1, 0.15) is 11.7 Å². The summed E-state index contributed by atoms with van der Waals surface area (Å²) < 4.78 is 28.4. The fourth-order valence-corrected chi connectivity index (χ4v) is 5.24. The van der Waals surface area contributed by atoms with Gasteiger partial charge in [-0.15, -0.1) is 0 Å². The Morgan fingerprint density at radius 3 is 1.20 bits per heavy atom. The van der Waals surface area contributed by atoms with Crippen LogP contribution >= 0.6 is 0 Å². The molecule has 0 aliphatic carbocycles. The van der Waals surface area contributed by atoms with Crippen molar-refractivity contribution < 1.29 is 28.0 Å². The first-order chi connectivity index (χ1) is 19.4. The first kappa shape index (κ1) is 30.0. The van der Waals surface area contributed by atoms with Crippen molar-refractivity contribution in [2.24, 2.45) is 0 Å². The summed E-state index contributed by atoms with van der Waals surface area (Å²) in [5.41, 5.74) is 2.75. The van der Waals surface area contributed by atoms with Gasteiger partial charge in [0.05, 0.1) is 35.3 Å². The molecule has 4 aliphatic rings. The van der Waals surface area contributed by atoms with Crippen molar-refractivity contribution in [2.75, 3.05) is 39.3 Å². The molecular formula is C31H34F2N4O4. The van der Waals surface area contributed by atoms with Crippen molar-refractivity contribution >= 4 is 23.6 Å². The third kappa shape index (κ3) is 6.18. The summed E-state index contributed by atoms with van der Waals surface area (Å²) in [4.78, 5) is 50.5. The van der Waals surface area contributed by atoms with Gasteiger partial charge in [0.25, 0.3) is 23.6 Å². The van der Waals surface area contributed by atoms with Gasteiger partial charge in [-0.1, -0.05) is 31.7 Å². The molecule has 216 valence electrons. The zero-order chi connectivity index (χ0) is 28.2. The maximum absolute atomic E-state index is 14.2. The monoisotopic (exact) mass is 564 g/mol. The summed E-state index contributed by atoms with van der Waals surface area (Å²) in [5.74, 6) is -2.39. The van der Waals surface area contributed by atoms with Crippen LogP contribution in [0.1, 0.15) is 74.5 Å². The summed E-state index contributed by atoms with van der Waals surface area (Å²) in [6.45, 7) is 2.23. The number of fused-ring (bicyclic) bond motifs is 2. The average molecular weight is 565 g/mol. The maximum Gasteiger partial charge on any atom is 0.261 e. The van der Waals surface area contributed by atoms with E-state index in [1.165, 1.54) is 0 Å². The van der Waals surface area contributed by atoms with E-state index >= 15 is 0 Å². The van der Waals surface area contributed by atoms with Gasteiger partial charge < -0.3 is 10.6 Å². The number of nitrogens with zero attached hydrogens (tertiary/aromatic N) is 2. The normalized spacial score (nSPS) is 20.6.